The summed E-state index contributed by atoms with van der Waals surface area (Å²) in [7, 11) is 3.51. The van der Waals surface area contributed by atoms with Gasteiger partial charge in [0.15, 0.2) is 0 Å². The summed E-state index contributed by atoms with van der Waals surface area (Å²) >= 11 is 1.91. The molecule has 1 amide bonds. The van der Waals surface area contributed by atoms with E-state index in [0.717, 1.165) is 29.4 Å². The first-order valence-electron chi connectivity index (χ1n) is 6.87. The van der Waals surface area contributed by atoms with Gasteiger partial charge in [0.2, 0.25) is 5.91 Å². The molecule has 118 valence electrons. The molecule has 1 aliphatic heterocycles. The SMILES string of the molecule is COc1ccccc1CN(C)C(=O)CC1CSCCN1.Cl. The molecule has 21 heavy (non-hydrogen) atoms. The molecular weight excluding hydrogens is 308 g/mol. The molecule has 1 atom stereocenters. The van der Waals surface area contributed by atoms with Gasteiger partial charge in [-0.25, -0.2) is 0 Å². The van der Waals surface area contributed by atoms with Crippen LogP contribution < -0.4 is 10.1 Å². The van der Waals surface area contributed by atoms with Crippen LogP contribution in [0.4, 0.5) is 0 Å². The van der Waals surface area contributed by atoms with Gasteiger partial charge in [0, 0.05) is 49.7 Å². The van der Waals surface area contributed by atoms with Crippen molar-refractivity contribution in [3.63, 3.8) is 0 Å². The van der Waals surface area contributed by atoms with Gasteiger partial charge >= 0.3 is 0 Å². The quantitative estimate of drug-likeness (QED) is 0.898. The zero-order chi connectivity index (χ0) is 14.4. The first-order chi connectivity index (χ1) is 9.70. The van der Waals surface area contributed by atoms with E-state index in [9.17, 15) is 4.79 Å². The fraction of sp³-hybridized carbons (Fsp3) is 0.533. The highest BCUT2D eigenvalue weighted by Crippen LogP contribution is 2.19. The maximum Gasteiger partial charge on any atom is 0.224 e. The number of nitrogens with zero attached hydrogens (tertiary/aromatic N) is 1. The summed E-state index contributed by atoms with van der Waals surface area (Å²) in [4.78, 5) is 14.0. The molecular formula is C15H23ClN2O2S. The molecule has 6 heteroatoms. The Labute approximate surface area is 137 Å². The molecule has 1 fully saturated rings. The zero-order valence-corrected chi connectivity index (χ0v) is 14.1. The predicted molar refractivity (Wildman–Crippen MR) is 90.4 cm³/mol. The largest absolute Gasteiger partial charge is 0.496 e. The number of carbonyl (C=O) groups excluding carboxylic acids is 1. The fourth-order valence-corrected chi connectivity index (χ4v) is 3.24. The van der Waals surface area contributed by atoms with Gasteiger partial charge in [-0.15, -0.1) is 12.4 Å². The number of ether oxygens (including phenoxy) is 1. The Morgan fingerprint density at radius 3 is 2.90 bits per heavy atom. The standard InChI is InChI=1S/C15H22N2O2S.ClH/c1-17(10-12-5-3-4-6-14(12)19-2)15(18)9-13-11-20-8-7-16-13;/h3-6,13,16H,7-11H2,1-2H3;1H. The second-order valence-electron chi connectivity index (χ2n) is 4.99. The number of rotatable bonds is 5. The lowest BCUT2D eigenvalue weighted by Gasteiger charge is -2.25. The monoisotopic (exact) mass is 330 g/mol. The third-order valence-corrected chi connectivity index (χ3v) is 4.58. The number of methoxy groups -OCH3 is 1. The third kappa shape index (κ3) is 5.41. The second kappa shape index (κ2) is 9.18. The van der Waals surface area contributed by atoms with Crippen LogP contribution in [0.2, 0.25) is 0 Å². The number of halogens is 1. The molecule has 0 bridgehead atoms. The summed E-state index contributed by atoms with van der Waals surface area (Å²) in [5.41, 5.74) is 1.04. The smallest absolute Gasteiger partial charge is 0.224 e. The van der Waals surface area contributed by atoms with Crippen molar-refractivity contribution in [1.29, 1.82) is 0 Å². The van der Waals surface area contributed by atoms with Crippen LogP contribution in [0.3, 0.4) is 0 Å². The number of benzene rings is 1. The van der Waals surface area contributed by atoms with E-state index >= 15 is 0 Å². The van der Waals surface area contributed by atoms with Crippen molar-refractivity contribution in [2.75, 3.05) is 32.2 Å². The van der Waals surface area contributed by atoms with Gasteiger partial charge in [-0.2, -0.15) is 11.8 Å². The van der Waals surface area contributed by atoms with Gasteiger partial charge < -0.3 is 15.0 Å². The van der Waals surface area contributed by atoms with Crippen molar-refractivity contribution in [1.82, 2.24) is 10.2 Å². The van der Waals surface area contributed by atoms with Crippen LogP contribution >= 0.6 is 24.2 Å². The molecule has 1 saturated heterocycles. The van der Waals surface area contributed by atoms with Crippen LogP contribution in [-0.2, 0) is 11.3 Å². The van der Waals surface area contributed by atoms with E-state index in [0.29, 0.717) is 19.0 Å². The number of amides is 1. The number of nitrogens with one attached hydrogen (secondary N) is 1. The molecule has 0 aromatic heterocycles. The molecule has 1 aromatic rings. The Morgan fingerprint density at radius 2 is 2.24 bits per heavy atom. The number of thioether (sulfide) groups is 1. The minimum absolute atomic E-state index is 0. The average molecular weight is 331 g/mol. The van der Waals surface area contributed by atoms with E-state index in [1.807, 2.05) is 43.1 Å². The Bertz CT molecular complexity index is 453. The highest BCUT2D eigenvalue weighted by atomic mass is 35.5. The fourth-order valence-electron chi connectivity index (χ4n) is 2.29. The van der Waals surface area contributed by atoms with Crippen LogP contribution in [0.1, 0.15) is 12.0 Å². The van der Waals surface area contributed by atoms with Crippen molar-refractivity contribution in [2.45, 2.75) is 19.0 Å². The van der Waals surface area contributed by atoms with Gasteiger partial charge in [0.05, 0.1) is 7.11 Å². The molecule has 1 aliphatic rings. The topological polar surface area (TPSA) is 41.6 Å². The first-order valence-corrected chi connectivity index (χ1v) is 8.03. The van der Waals surface area contributed by atoms with Gasteiger partial charge in [0.1, 0.15) is 5.75 Å². The third-order valence-electron chi connectivity index (χ3n) is 3.45. The van der Waals surface area contributed by atoms with Crippen molar-refractivity contribution in [3.05, 3.63) is 29.8 Å². The van der Waals surface area contributed by atoms with Crippen molar-refractivity contribution in [3.8, 4) is 5.75 Å². The molecule has 0 radical (unpaired) electrons. The zero-order valence-electron chi connectivity index (χ0n) is 12.5. The lowest BCUT2D eigenvalue weighted by atomic mass is 10.1. The summed E-state index contributed by atoms with van der Waals surface area (Å²) in [5.74, 6) is 3.17. The highest BCUT2D eigenvalue weighted by molar-refractivity contribution is 7.99. The van der Waals surface area contributed by atoms with Crippen molar-refractivity contribution < 1.29 is 9.53 Å². The number of hydrogen-bond acceptors (Lipinski definition) is 4. The molecule has 2 rings (SSSR count). The van der Waals surface area contributed by atoms with Gasteiger partial charge in [0.25, 0.3) is 0 Å². The van der Waals surface area contributed by atoms with E-state index in [-0.39, 0.29) is 18.3 Å². The molecule has 0 aliphatic carbocycles. The Kier molecular flexibility index (Phi) is 7.93. The number of para-hydroxylation sites is 1. The number of hydrogen-bond donors (Lipinski definition) is 1. The first kappa shape index (κ1) is 18.1. The van der Waals surface area contributed by atoms with E-state index in [1.165, 1.54) is 0 Å². The van der Waals surface area contributed by atoms with Crippen molar-refractivity contribution >= 4 is 30.1 Å². The lowest BCUT2D eigenvalue weighted by Crippen LogP contribution is -2.41. The number of carbonyl (C=O) groups is 1. The Morgan fingerprint density at radius 1 is 1.48 bits per heavy atom. The van der Waals surface area contributed by atoms with E-state index < -0.39 is 0 Å². The maximum absolute atomic E-state index is 12.3. The molecule has 4 nitrogen and oxygen atoms in total. The lowest BCUT2D eigenvalue weighted by molar-refractivity contribution is -0.130. The Hall–Kier alpha value is -0.910. The van der Waals surface area contributed by atoms with E-state index in [1.54, 1.807) is 12.0 Å². The van der Waals surface area contributed by atoms with E-state index in [2.05, 4.69) is 5.32 Å². The van der Waals surface area contributed by atoms with Crippen LogP contribution in [0, 0.1) is 0 Å². The van der Waals surface area contributed by atoms with Crippen LogP contribution in [0.15, 0.2) is 24.3 Å². The molecule has 1 aromatic carbocycles. The molecule has 1 heterocycles. The molecule has 0 spiro atoms. The maximum atomic E-state index is 12.3. The van der Waals surface area contributed by atoms with E-state index in [4.69, 9.17) is 4.74 Å². The highest BCUT2D eigenvalue weighted by Gasteiger charge is 2.19. The summed E-state index contributed by atoms with van der Waals surface area (Å²) in [6.07, 6.45) is 0.568. The van der Waals surface area contributed by atoms with Crippen molar-refractivity contribution in [2.24, 2.45) is 0 Å². The summed E-state index contributed by atoms with van der Waals surface area (Å²) < 4.78 is 5.32. The van der Waals surface area contributed by atoms with Gasteiger partial charge in [-0.3, -0.25) is 4.79 Å². The second-order valence-corrected chi connectivity index (χ2v) is 6.14. The minimum atomic E-state index is 0. The summed E-state index contributed by atoms with van der Waals surface area (Å²) in [5, 5.41) is 3.40. The molecule has 1 N–H and O–H groups in total. The van der Waals surface area contributed by atoms with Crippen LogP contribution in [-0.4, -0.2) is 49.1 Å². The van der Waals surface area contributed by atoms with Gasteiger partial charge in [-0.1, -0.05) is 18.2 Å². The summed E-state index contributed by atoms with van der Waals surface area (Å²) in [6, 6.07) is 8.13. The van der Waals surface area contributed by atoms with Gasteiger partial charge in [-0.05, 0) is 6.07 Å². The minimum Gasteiger partial charge on any atom is -0.496 e. The Balaban J connectivity index is 0.00000220. The van der Waals surface area contributed by atoms with Crippen LogP contribution in [0.25, 0.3) is 0 Å². The molecule has 0 saturated carbocycles. The average Bonchev–Trinajstić information content (AvgIpc) is 2.48. The van der Waals surface area contributed by atoms with Crippen LogP contribution in [0.5, 0.6) is 5.75 Å². The summed E-state index contributed by atoms with van der Waals surface area (Å²) in [6.45, 7) is 1.58. The predicted octanol–water partition coefficient (Wildman–Crippen LogP) is 2.17. The normalized spacial score (nSPS) is 17.7. The molecule has 1 unspecified atom stereocenters.